The zero-order valence-electron chi connectivity index (χ0n) is 18.7. The largest absolute Gasteiger partial charge is 0.452 e. The van der Waals surface area contributed by atoms with Gasteiger partial charge in [0.15, 0.2) is 6.61 Å². The minimum Gasteiger partial charge on any atom is -0.452 e. The molecular formula is C26H23BrN2O5. The van der Waals surface area contributed by atoms with Crippen molar-refractivity contribution >= 4 is 51.0 Å². The van der Waals surface area contributed by atoms with E-state index in [4.69, 9.17) is 4.74 Å². The summed E-state index contributed by atoms with van der Waals surface area (Å²) in [5.74, 6) is -1.99. The molecule has 1 heterocycles. The summed E-state index contributed by atoms with van der Waals surface area (Å²) in [6, 6.07) is 11.6. The summed E-state index contributed by atoms with van der Waals surface area (Å²) in [5.41, 5.74) is 3.26. The van der Waals surface area contributed by atoms with E-state index in [1.165, 1.54) is 22.6 Å². The summed E-state index contributed by atoms with van der Waals surface area (Å²) in [7, 11) is 0. The molecule has 8 heteroatoms. The van der Waals surface area contributed by atoms with Crippen molar-refractivity contribution in [2.45, 2.75) is 20.3 Å². The van der Waals surface area contributed by atoms with Crippen LogP contribution < -0.4 is 10.2 Å². The van der Waals surface area contributed by atoms with Crippen LogP contribution in [0, 0.1) is 30.6 Å². The second-order valence-corrected chi connectivity index (χ2v) is 9.97. The molecule has 0 spiro atoms. The predicted octanol–water partition coefficient (Wildman–Crippen LogP) is 4.25. The average Bonchev–Trinajstić information content (AvgIpc) is 3.45. The van der Waals surface area contributed by atoms with Crippen LogP contribution in [0.25, 0.3) is 0 Å². The standard InChI is InChI=1S/C26H23BrN2O5/c1-13-8-16-11-19(13)23-22(16)24(31)29(25(23)32)18-5-3-4-15(10-18)26(33)34-12-21(30)28-17-6-7-20(27)14(2)9-17/h3-10,16,19,22-23H,11-12H2,1-2H3,(H,28,30)/t16-,19+,22+,23+/m0/s1. The molecule has 1 saturated carbocycles. The third-order valence-electron chi connectivity index (χ3n) is 7.00. The van der Waals surface area contributed by atoms with Gasteiger partial charge in [-0.3, -0.25) is 14.4 Å². The van der Waals surface area contributed by atoms with Gasteiger partial charge in [-0.1, -0.05) is 33.6 Å². The molecule has 4 atom stereocenters. The first kappa shape index (κ1) is 22.5. The van der Waals surface area contributed by atoms with Crippen LogP contribution in [-0.4, -0.2) is 30.3 Å². The maximum absolute atomic E-state index is 13.2. The SMILES string of the molecule is CC1=C[C@H]2C[C@H]1[C@H]1C(=O)N(c3cccc(C(=O)OCC(=O)Nc4ccc(Br)c(C)c4)c3)C(=O)[C@@H]12. The quantitative estimate of drug-likeness (QED) is 0.360. The van der Waals surface area contributed by atoms with Gasteiger partial charge in [0.2, 0.25) is 11.8 Å². The molecule has 3 aliphatic rings. The highest BCUT2D eigenvalue weighted by Crippen LogP contribution is 2.55. The molecule has 0 unspecified atom stereocenters. The summed E-state index contributed by atoms with van der Waals surface area (Å²) in [5, 5.41) is 2.69. The number of rotatable bonds is 5. The molecule has 0 radical (unpaired) electrons. The van der Waals surface area contributed by atoms with Gasteiger partial charge in [-0.05, 0) is 74.1 Å². The number of hydrogen-bond acceptors (Lipinski definition) is 5. The fourth-order valence-corrected chi connectivity index (χ4v) is 5.68. The molecule has 0 aromatic heterocycles. The van der Waals surface area contributed by atoms with Crippen molar-refractivity contribution in [1.82, 2.24) is 0 Å². The molecule has 2 aromatic carbocycles. The van der Waals surface area contributed by atoms with Crippen LogP contribution in [0.5, 0.6) is 0 Å². The van der Waals surface area contributed by atoms with Crippen molar-refractivity contribution in [3.05, 3.63) is 69.7 Å². The Labute approximate surface area is 205 Å². The van der Waals surface area contributed by atoms with Crippen LogP contribution in [0.4, 0.5) is 11.4 Å². The highest BCUT2D eigenvalue weighted by Gasteiger charge is 2.60. The van der Waals surface area contributed by atoms with Crippen molar-refractivity contribution in [1.29, 1.82) is 0 Å². The van der Waals surface area contributed by atoms with Crippen LogP contribution in [0.3, 0.4) is 0 Å². The normalized spacial score (nSPS) is 24.8. The van der Waals surface area contributed by atoms with E-state index in [1.807, 2.05) is 19.9 Å². The number of imide groups is 1. The number of nitrogens with one attached hydrogen (secondary N) is 1. The van der Waals surface area contributed by atoms with Gasteiger partial charge in [-0.2, -0.15) is 0 Å². The maximum Gasteiger partial charge on any atom is 0.338 e. The minimum atomic E-state index is -0.708. The average molecular weight is 523 g/mol. The van der Waals surface area contributed by atoms with Crippen LogP contribution in [-0.2, 0) is 19.1 Å². The summed E-state index contributed by atoms with van der Waals surface area (Å²) < 4.78 is 6.09. The van der Waals surface area contributed by atoms with Crippen molar-refractivity contribution in [3.63, 3.8) is 0 Å². The molecule has 7 nitrogen and oxygen atoms in total. The van der Waals surface area contributed by atoms with E-state index in [1.54, 1.807) is 24.3 Å². The summed E-state index contributed by atoms with van der Waals surface area (Å²) in [6.45, 7) is 3.46. The van der Waals surface area contributed by atoms with E-state index >= 15 is 0 Å². The first-order chi connectivity index (χ1) is 16.2. The Balaban J connectivity index is 1.25. The molecule has 34 heavy (non-hydrogen) atoms. The first-order valence-corrected chi connectivity index (χ1v) is 11.9. The molecule has 1 saturated heterocycles. The van der Waals surface area contributed by atoms with Crippen LogP contribution in [0.1, 0.15) is 29.3 Å². The van der Waals surface area contributed by atoms with Gasteiger partial charge < -0.3 is 10.1 Å². The number of hydrogen-bond donors (Lipinski definition) is 1. The molecular weight excluding hydrogens is 500 g/mol. The third kappa shape index (κ3) is 3.76. The molecule has 2 aliphatic carbocycles. The Morgan fingerprint density at radius 3 is 2.62 bits per heavy atom. The number of allylic oxidation sites excluding steroid dienone is 2. The van der Waals surface area contributed by atoms with Crippen molar-refractivity contribution in [2.24, 2.45) is 23.7 Å². The van der Waals surface area contributed by atoms with Gasteiger partial charge in [0, 0.05) is 10.2 Å². The second kappa shape index (κ2) is 8.51. The van der Waals surface area contributed by atoms with Gasteiger partial charge in [-0.25, -0.2) is 9.69 Å². The van der Waals surface area contributed by atoms with Crippen LogP contribution in [0.2, 0.25) is 0 Å². The van der Waals surface area contributed by atoms with Gasteiger partial charge in [0.05, 0.1) is 23.1 Å². The second-order valence-electron chi connectivity index (χ2n) is 9.12. The zero-order valence-corrected chi connectivity index (χ0v) is 20.3. The lowest BCUT2D eigenvalue weighted by atomic mass is 9.82. The third-order valence-corrected chi connectivity index (χ3v) is 7.89. The van der Waals surface area contributed by atoms with E-state index in [9.17, 15) is 19.2 Å². The van der Waals surface area contributed by atoms with Gasteiger partial charge in [-0.15, -0.1) is 0 Å². The Morgan fingerprint density at radius 2 is 1.85 bits per heavy atom. The molecule has 2 fully saturated rings. The Morgan fingerprint density at radius 1 is 1.09 bits per heavy atom. The Kier molecular flexibility index (Phi) is 5.64. The smallest absolute Gasteiger partial charge is 0.338 e. The van der Waals surface area contributed by atoms with Crippen LogP contribution >= 0.6 is 15.9 Å². The summed E-state index contributed by atoms with van der Waals surface area (Å²) >= 11 is 3.40. The Bertz CT molecular complexity index is 1270. The fourth-order valence-electron chi connectivity index (χ4n) is 5.43. The molecule has 174 valence electrons. The van der Waals surface area contributed by atoms with Gasteiger partial charge in [0.25, 0.3) is 5.91 Å². The van der Waals surface area contributed by atoms with Crippen molar-refractivity contribution in [2.75, 3.05) is 16.8 Å². The molecule has 2 bridgehead atoms. The number of aryl methyl sites for hydroxylation is 1. The lowest BCUT2D eigenvalue weighted by Gasteiger charge is -2.19. The van der Waals surface area contributed by atoms with Crippen LogP contribution in [0.15, 0.2) is 58.6 Å². The Hall–Kier alpha value is -3.26. The number of ether oxygens (including phenoxy) is 1. The molecule has 5 rings (SSSR count). The number of benzene rings is 2. The fraction of sp³-hybridized carbons (Fsp3) is 0.308. The predicted molar refractivity (Wildman–Crippen MR) is 129 cm³/mol. The summed E-state index contributed by atoms with van der Waals surface area (Å²) in [6.07, 6.45) is 2.98. The van der Waals surface area contributed by atoms with E-state index in [0.29, 0.717) is 11.4 Å². The van der Waals surface area contributed by atoms with Gasteiger partial charge in [0.1, 0.15) is 0 Å². The number of fused-ring (bicyclic) bond motifs is 5. The van der Waals surface area contributed by atoms with E-state index < -0.39 is 18.5 Å². The highest BCUT2D eigenvalue weighted by molar-refractivity contribution is 9.10. The number of esters is 1. The lowest BCUT2D eigenvalue weighted by Crippen LogP contribution is -2.33. The van der Waals surface area contributed by atoms with E-state index in [-0.39, 0.29) is 41.0 Å². The number of halogens is 1. The highest BCUT2D eigenvalue weighted by atomic mass is 79.9. The monoisotopic (exact) mass is 522 g/mol. The van der Waals surface area contributed by atoms with Gasteiger partial charge >= 0.3 is 5.97 Å². The number of nitrogens with zero attached hydrogens (tertiary/aromatic N) is 1. The van der Waals surface area contributed by atoms with E-state index in [2.05, 4.69) is 27.3 Å². The van der Waals surface area contributed by atoms with E-state index in [0.717, 1.165) is 16.5 Å². The lowest BCUT2D eigenvalue weighted by molar-refractivity contribution is -0.123. The molecule has 1 N–H and O–H groups in total. The minimum absolute atomic E-state index is 0.109. The number of carbonyl (C=O) groups is 4. The molecule has 1 aliphatic heterocycles. The maximum atomic E-state index is 13.2. The first-order valence-electron chi connectivity index (χ1n) is 11.1. The number of anilines is 2. The molecule has 2 aromatic rings. The topological polar surface area (TPSA) is 92.8 Å². The number of amides is 3. The van der Waals surface area contributed by atoms with Crippen molar-refractivity contribution in [3.8, 4) is 0 Å². The summed E-state index contributed by atoms with van der Waals surface area (Å²) in [4.78, 5) is 52.3. The number of carbonyl (C=O) groups excluding carboxylic acids is 4. The zero-order chi connectivity index (χ0) is 24.1. The molecule has 3 amide bonds. The van der Waals surface area contributed by atoms with Crippen molar-refractivity contribution < 1.29 is 23.9 Å².